The molecule has 0 saturated carbocycles. The molecule has 0 heterocycles. The number of rotatable bonds is 10. The standard InChI is InChI=1S/C21H28FN3O2/c1-3-23-21(24-13-12-18-6-4-5-7-20(18)22)25-16-17-8-10-19(11-9-17)27-15-14-26-2/h4-11H,3,12-16H2,1-2H3,(H2,23,24,25). The van der Waals surface area contributed by atoms with Crippen molar-refractivity contribution in [3.63, 3.8) is 0 Å². The van der Waals surface area contributed by atoms with Crippen molar-refractivity contribution >= 4 is 5.96 Å². The molecule has 6 heteroatoms. The molecule has 146 valence electrons. The first-order valence-corrected chi connectivity index (χ1v) is 9.19. The summed E-state index contributed by atoms with van der Waals surface area (Å²) < 4.78 is 24.2. The zero-order chi connectivity index (χ0) is 19.3. The van der Waals surface area contributed by atoms with Crippen LogP contribution in [0.3, 0.4) is 0 Å². The number of ether oxygens (including phenoxy) is 2. The van der Waals surface area contributed by atoms with Crippen LogP contribution in [-0.2, 0) is 17.7 Å². The van der Waals surface area contributed by atoms with Crippen LogP contribution in [0.2, 0.25) is 0 Å². The van der Waals surface area contributed by atoms with E-state index in [1.807, 2.05) is 37.3 Å². The van der Waals surface area contributed by atoms with E-state index in [0.29, 0.717) is 44.2 Å². The van der Waals surface area contributed by atoms with Crippen LogP contribution in [-0.4, -0.2) is 39.4 Å². The van der Waals surface area contributed by atoms with Crippen molar-refractivity contribution in [2.75, 3.05) is 33.4 Å². The number of methoxy groups -OCH3 is 1. The molecule has 5 nitrogen and oxygen atoms in total. The number of nitrogens with one attached hydrogen (secondary N) is 2. The van der Waals surface area contributed by atoms with Gasteiger partial charge in [0.1, 0.15) is 18.2 Å². The van der Waals surface area contributed by atoms with Gasteiger partial charge in [-0.25, -0.2) is 9.38 Å². The Balaban J connectivity index is 1.84. The van der Waals surface area contributed by atoms with Crippen molar-refractivity contribution in [3.05, 3.63) is 65.5 Å². The Morgan fingerprint density at radius 2 is 1.81 bits per heavy atom. The third-order valence-corrected chi connectivity index (χ3v) is 3.89. The minimum Gasteiger partial charge on any atom is -0.491 e. The van der Waals surface area contributed by atoms with Gasteiger partial charge in [0.15, 0.2) is 5.96 Å². The molecule has 0 aliphatic rings. The summed E-state index contributed by atoms with van der Waals surface area (Å²) in [5.74, 6) is 1.36. The summed E-state index contributed by atoms with van der Waals surface area (Å²) in [6.45, 7) is 5.03. The van der Waals surface area contributed by atoms with Crippen molar-refractivity contribution in [1.82, 2.24) is 10.6 Å². The zero-order valence-electron chi connectivity index (χ0n) is 16.0. The fraction of sp³-hybridized carbons (Fsp3) is 0.381. The van der Waals surface area contributed by atoms with Crippen LogP contribution in [0.25, 0.3) is 0 Å². The second kappa shape index (κ2) is 11.9. The molecular formula is C21H28FN3O2. The fourth-order valence-corrected chi connectivity index (χ4v) is 2.46. The van der Waals surface area contributed by atoms with Crippen LogP contribution in [0.15, 0.2) is 53.5 Å². The topological polar surface area (TPSA) is 54.9 Å². The lowest BCUT2D eigenvalue weighted by Crippen LogP contribution is -2.38. The molecule has 2 aromatic carbocycles. The Morgan fingerprint density at radius 1 is 1.04 bits per heavy atom. The fourth-order valence-electron chi connectivity index (χ4n) is 2.46. The van der Waals surface area contributed by atoms with E-state index in [1.54, 1.807) is 19.2 Å². The largest absolute Gasteiger partial charge is 0.491 e. The maximum absolute atomic E-state index is 13.7. The van der Waals surface area contributed by atoms with E-state index in [4.69, 9.17) is 9.47 Å². The molecule has 27 heavy (non-hydrogen) atoms. The Hall–Kier alpha value is -2.60. The number of hydrogen-bond acceptors (Lipinski definition) is 3. The first-order chi connectivity index (χ1) is 13.2. The summed E-state index contributed by atoms with van der Waals surface area (Å²) >= 11 is 0. The third kappa shape index (κ3) is 7.66. The Morgan fingerprint density at radius 3 is 2.52 bits per heavy atom. The van der Waals surface area contributed by atoms with E-state index >= 15 is 0 Å². The lowest BCUT2D eigenvalue weighted by molar-refractivity contribution is 0.146. The van der Waals surface area contributed by atoms with Gasteiger partial charge in [0.05, 0.1) is 13.2 Å². The summed E-state index contributed by atoms with van der Waals surface area (Å²) in [7, 11) is 1.65. The molecule has 0 saturated heterocycles. The minimum atomic E-state index is -0.172. The Labute approximate surface area is 160 Å². The van der Waals surface area contributed by atoms with Gasteiger partial charge < -0.3 is 20.1 Å². The van der Waals surface area contributed by atoms with E-state index in [0.717, 1.165) is 17.9 Å². The number of aliphatic imine (C=N–C) groups is 1. The van der Waals surface area contributed by atoms with E-state index in [-0.39, 0.29) is 5.82 Å². The zero-order valence-corrected chi connectivity index (χ0v) is 16.0. The van der Waals surface area contributed by atoms with E-state index in [9.17, 15) is 4.39 Å². The molecule has 0 spiro atoms. The van der Waals surface area contributed by atoms with Crippen molar-refractivity contribution in [2.24, 2.45) is 4.99 Å². The molecule has 0 aromatic heterocycles. The summed E-state index contributed by atoms with van der Waals surface area (Å²) in [6.07, 6.45) is 0.602. The first kappa shape index (κ1) is 20.7. The highest BCUT2D eigenvalue weighted by Gasteiger charge is 2.02. The van der Waals surface area contributed by atoms with Crippen LogP contribution in [0.4, 0.5) is 4.39 Å². The molecule has 0 radical (unpaired) electrons. The van der Waals surface area contributed by atoms with Gasteiger partial charge in [0.25, 0.3) is 0 Å². The van der Waals surface area contributed by atoms with Gasteiger partial charge in [-0.15, -0.1) is 0 Å². The number of hydrogen-bond donors (Lipinski definition) is 2. The maximum Gasteiger partial charge on any atom is 0.191 e. The summed E-state index contributed by atoms with van der Waals surface area (Å²) in [5, 5.41) is 6.45. The van der Waals surface area contributed by atoms with Crippen molar-refractivity contribution in [1.29, 1.82) is 0 Å². The Kier molecular flexibility index (Phi) is 9.13. The van der Waals surface area contributed by atoms with Gasteiger partial charge in [-0.05, 0) is 42.7 Å². The summed E-state index contributed by atoms with van der Waals surface area (Å²) in [6, 6.07) is 14.7. The maximum atomic E-state index is 13.7. The van der Waals surface area contributed by atoms with Crippen LogP contribution in [0, 0.1) is 5.82 Å². The van der Waals surface area contributed by atoms with Gasteiger partial charge in [-0.2, -0.15) is 0 Å². The highest BCUT2D eigenvalue weighted by molar-refractivity contribution is 5.79. The van der Waals surface area contributed by atoms with E-state index < -0.39 is 0 Å². The smallest absolute Gasteiger partial charge is 0.191 e. The SMILES string of the molecule is CCNC(=NCc1ccc(OCCOC)cc1)NCCc1ccccc1F. The summed E-state index contributed by atoms with van der Waals surface area (Å²) in [4.78, 5) is 4.58. The lowest BCUT2D eigenvalue weighted by Gasteiger charge is -2.12. The normalized spacial score (nSPS) is 11.3. The Bertz CT molecular complexity index is 705. The average Bonchev–Trinajstić information content (AvgIpc) is 2.69. The van der Waals surface area contributed by atoms with Gasteiger partial charge in [0, 0.05) is 20.2 Å². The average molecular weight is 373 g/mol. The van der Waals surface area contributed by atoms with Crippen molar-refractivity contribution < 1.29 is 13.9 Å². The molecule has 0 fully saturated rings. The van der Waals surface area contributed by atoms with E-state index in [1.165, 1.54) is 6.07 Å². The highest BCUT2D eigenvalue weighted by atomic mass is 19.1. The third-order valence-electron chi connectivity index (χ3n) is 3.89. The quantitative estimate of drug-likeness (QED) is 0.382. The molecule has 0 unspecified atom stereocenters. The van der Waals surface area contributed by atoms with E-state index in [2.05, 4.69) is 15.6 Å². The monoisotopic (exact) mass is 373 g/mol. The molecule has 2 N–H and O–H groups in total. The van der Waals surface area contributed by atoms with Gasteiger partial charge in [-0.3, -0.25) is 0 Å². The van der Waals surface area contributed by atoms with Crippen LogP contribution in [0.5, 0.6) is 5.75 Å². The molecule has 0 bridgehead atoms. The van der Waals surface area contributed by atoms with Gasteiger partial charge in [0.2, 0.25) is 0 Å². The van der Waals surface area contributed by atoms with Gasteiger partial charge in [-0.1, -0.05) is 30.3 Å². The molecule has 2 aromatic rings. The van der Waals surface area contributed by atoms with Gasteiger partial charge >= 0.3 is 0 Å². The van der Waals surface area contributed by atoms with Crippen LogP contribution >= 0.6 is 0 Å². The molecule has 2 rings (SSSR count). The number of benzene rings is 2. The predicted molar refractivity (Wildman–Crippen MR) is 107 cm³/mol. The summed E-state index contributed by atoms with van der Waals surface area (Å²) in [5.41, 5.74) is 1.78. The first-order valence-electron chi connectivity index (χ1n) is 9.19. The lowest BCUT2D eigenvalue weighted by atomic mass is 10.1. The van der Waals surface area contributed by atoms with Crippen LogP contribution in [0.1, 0.15) is 18.1 Å². The second-order valence-electron chi connectivity index (χ2n) is 5.95. The molecule has 0 amide bonds. The van der Waals surface area contributed by atoms with Crippen LogP contribution < -0.4 is 15.4 Å². The predicted octanol–water partition coefficient (Wildman–Crippen LogP) is 3.15. The number of nitrogens with zero attached hydrogens (tertiary/aromatic N) is 1. The molecule has 0 atom stereocenters. The molecule has 0 aliphatic heterocycles. The number of halogens is 1. The highest BCUT2D eigenvalue weighted by Crippen LogP contribution is 2.12. The molecule has 0 aliphatic carbocycles. The van der Waals surface area contributed by atoms with Crippen molar-refractivity contribution in [2.45, 2.75) is 19.9 Å². The minimum absolute atomic E-state index is 0.172. The number of guanidine groups is 1. The molecular weight excluding hydrogens is 345 g/mol. The van der Waals surface area contributed by atoms with Crippen molar-refractivity contribution in [3.8, 4) is 5.75 Å². The second-order valence-corrected chi connectivity index (χ2v) is 5.95.